The van der Waals surface area contributed by atoms with Crippen LogP contribution in [-0.2, 0) is 0 Å². The minimum Gasteiger partial charge on any atom is -0.0616 e. The minimum absolute atomic E-state index is 1.31. The molecule has 0 saturated carbocycles. The first kappa shape index (κ1) is 16.5. The summed E-state index contributed by atoms with van der Waals surface area (Å²) in [7, 11) is 0. The van der Waals surface area contributed by atoms with Crippen molar-refractivity contribution in [2.45, 2.75) is 0 Å². The maximum Gasteiger partial charge on any atom is -0.00206 e. The molecule has 1 aliphatic rings. The van der Waals surface area contributed by atoms with Crippen molar-refractivity contribution in [2.75, 3.05) is 0 Å². The van der Waals surface area contributed by atoms with Crippen LogP contribution in [0, 0.1) is 0 Å². The highest BCUT2D eigenvalue weighted by atomic mass is 14.2. The number of hydrogen-bond donors (Lipinski definition) is 0. The molecular weight excluding hydrogens is 384 g/mol. The summed E-state index contributed by atoms with van der Waals surface area (Å²) >= 11 is 0. The zero-order valence-electron chi connectivity index (χ0n) is 17.4. The van der Waals surface area contributed by atoms with Crippen LogP contribution in [0.2, 0.25) is 0 Å². The molecule has 0 unspecified atom stereocenters. The van der Waals surface area contributed by atoms with Crippen molar-refractivity contribution in [1.82, 2.24) is 0 Å². The summed E-state index contributed by atoms with van der Waals surface area (Å²) in [5.41, 5.74) is 5.36. The maximum atomic E-state index is 2.42. The second-order valence-corrected chi connectivity index (χ2v) is 8.94. The third-order valence-corrected chi connectivity index (χ3v) is 7.33. The van der Waals surface area contributed by atoms with E-state index in [4.69, 9.17) is 0 Å². The van der Waals surface area contributed by atoms with Crippen molar-refractivity contribution in [3.8, 4) is 0 Å². The van der Waals surface area contributed by atoms with Gasteiger partial charge in [-0.05, 0) is 88.3 Å². The molecule has 0 atom stereocenters. The summed E-state index contributed by atoms with van der Waals surface area (Å²) in [5.74, 6) is 0. The first-order chi connectivity index (χ1) is 15.9. The van der Waals surface area contributed by atoms with Crippen LogP contribution in [-0.4, -0.2) is 0 Å². The molecule has 0 heteroatoms. The molecule has 146 valence electrons. The number of fused-ring (bicyclic) bond motifs is 2. The molecule has 0 fully saturated rings. The van der Waals surface area contributed by atoms with E-state index in [0.717, 1.165) is 0 Å². The fraction of sp³-hybridized carbons (Fsp3) is 0. The van der Waals surface area contributed by atoms with Crippen LogP contribution >= 0.6 is 0 Å². The Kier molecular flexibility index (Phi) is 2.97. The van der Waals surface area contributed by atoms with Crippen LogP contribution in [0.1, 0.15) is 16.7 Å². The molecule has 7 aromatic carbocycles. The van der Waals surface area contributed by atoms with Gasteiger partial charge in [0.1, 0.15) is 0 Å². The number of benzene rings is 7. The molecule has 0 aliphatic heterocycles. The molecule has 0 N–H and O–H groups in total. The minimum atomic E-state index is 1.31. The quantitative estimate of drug-likeness (QED) is 0.190. The van der Waals surface area contributed by atoms with Gasteiger partial charge < -0.3 is 0 Å². The lowest BCUT2D eigenvalue weighted by atomic mass is 9.88. The van der Waals surface area contributed by atoms with E-state index < -0.39 is 0 Å². The van der Waals surface area contributed by atoms with Crippen molar-refractivity contribution in [3.05, 3.63) is 120 Å². The lowest BCUT2D eigenvalue weighted by Gasteiger charge is -2.15. The van der Waals surface area contributed by atoms with E-state index in [0.29, 0.717) is 0 Å². The molecule has 0 nitrogen and oxygen atoms in total. The predicted molar refractivity (Wildman–Crippen MR) is 139 cm³/mol. The topological polar surface area (TPSA) is 0 Å². The second-order valence-electron chi connectivity index (χ2n) is 8.94. The van der Waals surface area contributed by atoms with E-state index >= 15 is 0 Å². The van der Waals surface area contributed by atoms with Gasteiger partial charge in [0.2, 0.25) is 0 Å². The lowest BCUT2D eigenvalue weighted by molar-refractivity contribution is 1.67. The molecule has 0 heterocycles. The Bertz CT molecular complexity index is 1900. The largest absolute Gasteiger partial charge is 0.0616 e. The first-order valence-electron chi connectivity index (χ1n) is 11.2. The van der Waals surface area contributed by atoms with Crippen molar-refractivity contribution >= 4 is 65.5 Å². The summed E-state index contributed by atoms with van der Waals surface area (Å²) in [5, 5.41) is 13.4. The SMILES string of the molecule is C1=C(c2ccc3ccc4cccc5ccc2c3c45)c2cccc3cc4ccccc4c1c23. The van der Waals surface area contributed by atoms with E-state index in [1.54, 1.807) is 0 Å². The molecule has 0 amide bonds. The van der Waals surface area contributed by atoms with E-state index in [1.807, 2.05) is 0 Å². The Morgan fingerprint density at radius 3 is 1.97 bits per heavy atom. The van der Waals surface area contributed by atoms with Crippen molar-refractivity contribution in [2.24, 2.45) is 0 Å². The Morgan fingerprint density at radius 1 is 0.375 bits per heavy atom. The van der Waals surface area contributed by atoms with E-state index in [-0.39, 0.29) is 0 Å². The fourth-order valence-corrected chi connectivity index (χ4v) is 5.95. The highest BCUT2D eigenvalue weighted by Crippen LogP contribution is 2.46. The van der Waals surface area contributed by atoms with Gasteiger partial charge in [0.05, 0.1) is 0 Å². The van der Waals surface area contributed by atoms with Crippen molar-refractivity contribution in [1.29, 1.82) is 0 Å². The Balaban J connectivity index is 1.52. The lowest BCUT2D eigenvalue weighted by Crippen LogP contribution is -1.90. The van der Waals surface area contributed by atoms with Gasteiger partial charge in [-0.2, -0.15) is 0 Å². The van der Waals surface area contributed by atoms with Crippen LogP contribution in [0.25, 0.3) is 65.5 Å². The average molecular weight is 402 g/mol. The zero-order valence-corrected chi connectivity index (χ0v) is 17.4. The molecule has 0 saturated heterocycles. The highest BCUT2D eigenvalue weighted by Gasteiger charge is 2.22. The van der Waals surface area contributed by atoms with Gasteiger partial charge in [-0.3, -0.25) is 0 Å². The number of rotatable bonds is 1. The van der Waals surface area contributed by atoms with Crippen LogP contribution in [0.3, 0.4) is 0 Å². The molecular formula is C32H18. The predicted octanol–water partition coefficient (Wildman–Crippen LogP) is 8.79. The monoisotopic (exact) mass is 402 g/mol. The molecule has 1 aliphatic carbocycles. The van der Waals surface area contributed by atoms with E-state index in [9.17, 15) is 0 Å². The fourth-order valence-electron chi connectivity index (χ4n) is 5.95. The van der Waals surface area contributed by atoms with Crippen molar-refractivity contribution in [3.63, 3.8) is 0 Å². The summed E-state index contributed by atoms with van der Waals surface area (Å²) < 4.78 is 0. The second kappa shape index (κ2) is 5.75. The third kappa shape index (κ3) is 1.98. The molecule has 0 radical (unpaired) electrons. The molecule has 0 bridgehead atoms. The number of hydrogen-bond acceptors (Lipinski definition) is 0. The van der Waals surface area contributed by atoms with Gasteiger partial charge in [0.25, 0.3) is 0 Å². The van der Waals surface area contributed by atoms with Crippen LogP contribution in [0.5, 0.6) is 0 Å². The van der Waals surface area contributed by atoms with Gasteiger partial charge in [0.15, 0.2) is 0 Å². The Labute approximate surface area is 185 Å². The molecule has 0 aromatic heterocycles. The van der Waals surface area contributed by atoms with Gasteiger partial charge in [-0.1, -0.05) is 97.1 Å². The van der Waals surface area contributed by atoms with Gasteiger partial charge in [-0.15, -0.1) is 0 Å². The first-order valence-corrected chi connectivity index (χ1v) is 11.2. The Hall–Kier alpha value is -4.16. The highest BCUT2D eigenvalue weighted by molar-refractivity contribution is 6.27. The molecule has 32 heavy (non-hydrogen) atoms. The summed E-state index contributed by atoms with van der Waals surface area (Å²) in [6.07, 6.45) is 2.42. The van der Waals surface area contributed by atoms with Gasteiger partial charge >= 0.3 is 0 Å². The normalized spacial score (nSPS) is 13.2. The van der Waals surface area contributed by atoms with Crippen LogP contribution in [0.15, 0.2) is 103 Å². The standard InChI is InChI=1S/C32H18/c1-2-9-24-22(5-1)17-23-8-4-10-26-28(18-29(24)31(23)26)25-15-13-21-12-11-19-6-3-7-20-14-16-27(25)32(21)30(19)20/h1-18H. The summed E-state index contributed by atoms with van der Waals surface area (Å²) in [6.45, 7) is 0. The molecule has 7 aromatic rings. The molecule has 8 rings (SSSR count). The third-order valence-electron chi connectivity index (χ3n) is 7.33. The molecule has 0 spiro atoms. The average Bonchev–Trinajstić information content (AvgIpc) is 3.24. The van der Waals surface area contributed by atoms with Crippen LogP contribution in [0.4, 0.5) is 0 Å². The van der Waals surface area contributed by atoms with Gasteiger partial charge in [-0.25, -0.2) is 0 Å². The van der Waals surface area contributed by atoms with E-state index in [2.05, 4.69) is 109 Å². The smallest absolute Gasteiger partial charge is 0.00206 e. The Morgan fingerprint density at radius 2 is 1.06 bits per heavy atom. The summed E-state index contributed by atoms with van der Waals surface area (Å²) in [4.78, 5) is 0. The maximum absolute atomic E-state index is 2.42. The van der Waals surface area contributed by atoms with E-state index in [1.165, 1.54) is 76.1 Å². The van der Waals surface area contributed by atoms with Gasteiger partial charge in [0, 0.05) is 0 Å². The van der Waals surface area contributed by atoms with Crippen LogP contribution < -0.4 is 0 Å². The summed E-state index contributed by atoms with van der Waals surface area (Å²) in [6, 6.07) is 38.2. The zero-order chi connectivity index (χ0) is 20.8. The van der Waals surface area contributed by atoms with Crippen molar-refractivity contribution < 1.29 is 0 Å².